The zero-order valence-corrected chi connectivity index (χ0v) is 19.8. The highest BCUT2D eigenvalue weighted by Crippen LogP contribution is 2.37. The Hall–Kier alpha value is -3.47. The zero-order chi connectivity index (χ0) is 23.6. The van der Waals surface area contributed by atoms with Crippen LogP contribution in [-0.4, -0.2) is 53.8 Å². The lowest BCUT2D eigenvalue weighted by molar-refractivity contribution is -0.138. The Labute approximate surface area is 196 Å². The van der Waals surface area contributed by atoms with Gasteiger partial charge in [-0.15, -0.1) is 0 Å². The molecular weight excluding hydrogens is 410 g/mol. The number of carbonyl (C=O) groups excluding carboxylic acids is 2. The van der Waals surface area contributed by atoms with Crippen molar-refractivity contribution in [1.82, 2.24) is 14.8 Å². The molecule has 0 saturated carbocycles. The van der Waals surface area contributed by atoms with E-state index < -0.39 is 5.41 Å². The van der Waals surface area contributed by atoms with Crippen LogP contribution >= 0.6 is 0 Å². The second-order valence-corrected chi connectivity index (χ2v) is 9.39. The molecule has 2 amide bonds. The topological polar surface area (TPSA) is 53.5 Å². The fourth-order valence-corrected chi connectivity index (χ4v) is 4.69. The highest BCUT2D eigenvalue weighted by molar-refractivity contribution is 5.95. The van der Waals surface area contributed by atoms with E-state index in [1.54, 1.807) is 30.1 Å². The molecule has 0 spiro atoms. The number of aryl methyl sites for hydroxylation is 2. The second-order valence-electron chi connectivity index (χ2n) is 9.39. The normalized spacial score (nSPS) is 17.8. The number of likely N-dealkylation sites (tertiary alicyclic amines) is 1. The summed E-state index contributed by atoms with van der Waals surface area (Å²) in [6.45, 7) is 4.95. The summed E-state index contributed by atoms with van der Waals surface area (Å²) in [5, 5.41) is 0. The van der Waals surface area contributed by atoms with Crippen molar-refractivity contribution in [2.75, 3.05) is 27.2 Å². The molecule has 1 atom stereocenters. The second kappa shape index (κ2) is 9.18. The Morgan fingerprint density at radius 3 is 2.42 bits per heavy atom. The first-order valence-electron chi connectivity index (χ1n) is 11.4. The molecule has 1 fully saturated rings. The summed E-state index contributed by atoms with van der Waals surface area (Å²) in [5.74, 6) is 0.00454. The Balaban J connectivity index is 1.60. The van der Waals surface area contributed by atoms with Crippen LogP contribution < -0.4 is 0 Å². The van der Waals surface area contributed by atoms with Crippen LogP contribution in [-0.2, 0) is 11.2 Å². The third kappa shape index (κ3) is 4.82. The molecule has 1 aromatic heterocycles. The monoisotopic (exact) mass is 441 g/mol. The minimum Gasteiger partial charge on any atom is -0.348 e. The fraction of sp³-hybridized carbons (Fsp3) is 0.321. The third-order valence-electron chi connectivity index (χ3n) is 6.51. The summed E-state index contributed by atoms with van der Waals surface area (Å²) in [5.41, 5.74) is 5.43. The van der Waals surface area contributed by atoms with E-state index in [4.69, 9.17) is 0 Å². The highest BCUT2D eigenvalue weighted by atomic mass is 16.2. The summed E-state index contributed by atoms with van der Waals surface area (Å²) in [6, 6.07) is 20.5. The van der Waals surface area contributed by atoms with Crippen molar-refractivity contribution in [3.05, 3.63) is 89.2 Å². The maximum atomic E-state index is 13.4. The minimum atomic E-state index is -0.636. The van der Waals surface area contributed by atoms with Gasteiger partial charge < -0.3 is 9.80 Å². The van der Waals surface area contributed by atoms with E-state index >= 15 is 0 Å². The van der Waals surface area contributed by atoms with E-state index in [1.807, 2.05) is 25.1 Å². The predicted octanol–water partition coefficient (Wildman–Crippen LogP) is 4.53. The molecule has 33 heavy (non-hydrogen) atoms. The van der Waals surface area contributed by atoms with Crippen molar-refractivity contribution in [1.29, 1.82) is 0 Å². The van der Waals surface area contributed by atoms with Gasteiger partial charge >= 0.3 is 0 Å². The van der Waals surface area contributed by atoms with E-state index in [0.29, 0.717) is 31.5 Å². The number of benzene rings is 2. The molecule has 0 aliphatic carbocycles. The molecule has 1 saturated heterocycles. The number of pyridine rings is 1. The first kappa shape index (κ1) is 22.7. The molecule has 3 aromatic rings. The van der Waals surface area contributed by atoms with Gasteiger partial charge in [0.15, 0.2) is 0 Å². The van der Waals surface area contributed by atoms with Crippen LogP contribution in [0.2, 0.25) is 0 Å². The van der Waals surface area contributed by atoms with E-state index in [-0.39, 0.29) is 11.8 Å². The molecule has 5 heteroatoms. The average molecular weight is 442 g/mol. The van der Waals surface area contributed by atoms with Gasteiger partial charge in [0.1, 0.15) is 0 Å². The van der Waals surface area contributed by atoms with Crippen molar-refractivity contribution in [3.63, 3.8) is 0 Å². The lowest BCUT2D eigenvalue weighted by atomic mass is 9.79. The van der Waals surface area contributed by atoms with Crippen LogP contribution in [0.3, 0.4) is 0 Å². The first-order valence-corrected chi connectivity index (χ1v) is 11.4. The molecule has 0 bridgehead atoms. The van der Waals surface area contributed by atoms with Crippen LogP contribution in [0.5, 0.6) is 0 Å². The van der Waals surface area contributed by atoms with Crippen LogP contribution in [0, 0.1) is 19.3 Å². The number of aromatic nitrogens is 1. The Morgan fingerprint density at radius 1 is 1.00 bits per heavy atom. The Morgan fingerprint density at radius 2 is 1.76 bits per heavy atom. The molecule has 2 aromatic carbocycles. The summed E-state index contributed by atoms with van der Waals surface area (Å²) >= 11 is 0. The molecule has 5 nitrogen and oxygen atoms in total. The molecule has 0 radical (unpaired) electrons. The first-order chi connectivity index (χ1) is 15.8. The van der Waals surface area contributed by atoms with Gasteiger partial charge in [0, 0.05) is 39.1 Å². The molecule has 0 N–H and O–H groups in total. The van der Waals surface area contributed by atoms with Gasteiger partial charge in [0.2, 0.25) is 5.91 Å². The van der Waals surface area contributed by atoms with Crippen molar-refractivity contribution in [2.24, 2.45) is 5.41 Å². The van der Waals surface area contributed by atoms with Crippen LogP contribution in [0.1, 0.15) is 33.6 Å². The van der Waals surface area contributed by atoms with Gasteiger partial charge in [-0.2, -0.15) is 0 Å². The molecule has 1 aliphatic rings. The average Bonchev–Trinajstić information content (AvgIpc) is 3.24. The van der Waals surface area contributed by atoms with E-state index in [0.717, 1.165) is 22.4 Å². The minimum absolute atomic E-state index is 0.0654. The van der Waals surface area contributed by atoms with Crippen molar-refractivity contribution in [3.8, 4) is 11.1 Å². The predicted molar refractivity (Wildman–Crippen MR) is 131 cm³/mol. The van der Waals surface area contributed by atoms with Gasteiger partial charge in [-0.05, 0) is 55.5 Å². The van der Waals surface area contributed by atoms with Crippen molar-refractivity contribution < 1.29 is 9.59 Å². The maximum Gasteiger partial charge on any atom is 0.255 e. The van der Waals surface area contributed by atoms with Gasteiger partial charge in [0.05, 0.1) is 11.0 Å². The fourth-order valence-electron chi connectivity index (χ4n) is 4.69. The third-order valence-corrected chi connectivity index (χ3v) is 6.51. The van der Waals surface area contributed by atoms with Gasteiger partial charge in [-0.25, -0.2) is 0 Å². The largest absolute Gasteiger partial charge is 0.348 e. The summed E-state index contributed by atoms with van der Waals surface area (Å²) in [4.78, 5) is 34.2. The number of nitrogens with zero attached hydrogens (tertiary/aromatic N) is 3. The number of hydrogen-bond donors (Lipinski definition) is 0. The molecule has 4 rings (SSSR count). The zero-order valence-electron chi connectivity index (χ0n) is 19.8. The standard InChI is InChI=1S/C28H31N3O2/c1-20-8-11-23(12-9-20)24-7-5-6-22(16-24)17-28(27(33)30(3)4)14-15-31(19-28)26(32)25-13-10-21(2)29-18-25/h5-13,16,18H,14-15,17,19H2,1-4H3. The van der Waals surface area contributed by atoms with Crippen molar-refractivity contribution in [2.45, 2.75) is 26.7 Å². The smallest absolute Gasteiger partial charge is 0.255 e. The lowest BCUT2D eigenvalue weighted by Crippen LogP contribution is -2.44. The number of carbonyl (C=O) groups is 2. The van der Waals surface area contributed by atoms with E-state index in [9.17, 15) is 9.59 Å². The van der Waals surface area contributed by atoms with Crippen LogP contribution in [0.25, 0.3) is 11.1 Å². The lowest BCUT2D eigenvalue weighted by Gasteiger charge is -2.31. The van der Waals surface area contributed by atoms with Gasteiger partial charge in [0.25, 0.3) is 5.91 Å². The number of rotatable bonds is 5. The molecular formula is C28H31N3O2. The van der Waals surface area contributed by atoms with Gasteiger partial charge in [-0.3, -0.25) is 14.6 Å². The number of amides is 2. The van der Waals surface area contributed by atoms with E-state index in [2.05, 4.69) is 54.4 Å². The molecule has 2 heterocycles. The quantitative estimate of drug-likeness (QED) is 0.585. The summed E-state index contributed by atoms with van der Waals surface area (Å²) < 4.78 is 0. The summed E-state index contributed by atoms with van der Waals surface area (Å²) in [6.07, 6.45) is 2.86. The van der Waals surface area contributed by atoms with E-state index in [1.165, 1.54) is 5.56 Å². The molecule has 1 unspecified atom stereocenters. The SMILES string of the molecule is Cc1ccc(-c2cccc(CC3(C(=O)N(C)C)CCN(C(=O)c4ccc(C)nc4)C3)c2)cc1. The Bertz CT molecular complexity index is 1150. The Kier molecular flexibility index (Phi) is 6.32. The number of hydrogen-bond acceptors (Lipinski definition) is 3. The van der Waals surface area contributed by atoms with Crippen LogP contribution in [0.4, 0.5) is 0 Å². The molecule has 1 aliphatic heterocycles. The molecule has 170 valence electrons. The van der Waals surface area contributed by atoms with Crippen molar-refractivity contribution >= 4 is 11.8 Å². The van der Waals surface area contributed by atoms with Gasteiger partial charge in [-0.1, -0.05) is 54.1 Å². The summed E-state index contributed by atoms with van der Waals surface area (Å²) in [7, 11) is 3.59. The maximum absolute atomic E-state index is 13.4. The van der Waals surface area contributed by atoms with Crippen LogP contribution in [0.15, 0.2) is 66.9 Å². The highest BCUT2D eigenvalue weighted by Gasteiger charge is 2.46.